The van der Waals surface area contributed by atoms with Crippen molar-refractivity contribution in [3.05, 3.63) is 11.1 Å². The van der Waals surface area contributed by atoms with Gasteiger partial charge in [-0.25, -0.2) is 0 Å². The highest BCUT2D eigenvalue weighted by atomic mass is 14.2. The van der Waals surface area contributed by atoms with E-state index in [-0.39, 0.29) is 0 Å². The van der Waals surface area contributed by atoms with Crippen LogP contribution >= 0.6 is 0 Å². The molecule has 1 heteroatoms. The predicted molar refractivity (Wildman–Crippen MR) is 38.9 cm³/mol. The first kappa shape index (κ1) is 8.23. The van der Waals surface area contributed by atoms with Gasteiger partial charge in [-0.05, 0) is 27.2 Å². The lowest BCUT2D eigenvalue weighted by molar-refractivity contribution is 0.962. The summed E-state index contributed by atoms with van der Waals surface area (Å²) in [6, 6.07) is 2.12. The van der Waals surface area contributed by atoms with Gasteiger partial charge in [0, 0.05) is 6.42 Å². The molecule has 0 aromatic carbocycles. The molecule has 0 spiro atoms. The lowest BCUT2D eigenvalue weighted by Gasteiger charge is -1.97. The molecule has 0 N–H and O–H groups in total. The predicted octanol–water partition coefficient (Wildman–Crippen LogP) is 2.65. The van der Waals surface area contributed by atoms with Crippen LogP contribution < -0.4 is 0 Å². The molecule has 0 unspecified atom stereocenters. The molecular formula is C8H13N. The summed E-state index contributed by atoms with van der Waals surface area (Å²) in [5.74, 6) is 0. The van der Waals surface area contributed by atoms with Gasteiger partial charge in [0.25, 0.3) is 0 Å². The van der Waals surface area contributed by atoms with Crippen LogP contribution in [0, 0.1) is 11.3 Å². The maximum atomic E-state index is 8.22. The molecule has 0 saturated carbocycles. The first-order valence-electron chi connectivity index (χ1n) is 3.18. The molecule has 0 saturated heterocycles. The van der Waals surface area contributed by atoms with Crippen LogP contribution in [0.3, 0.4) is 0 Å². The van der Waals surface area contributed by atoms with Gasteiger partial charge in [-0.1, -0.05) is 11.1 Å². The van der Waals surface area contributed by atoms with Crippen molar-refractivity contribution >= 4 is 0 Å². The number of nitriles is 1. The Balaban J connectivity index is 3.67. The average Bonchev–Trinajstić information content (AvgIpc) is 1.82. The van der Waals surface area contributed by atoms with Gasteiger partial charge in [-0.15, -0.1) is 0 Å². The van der Waals surface area contributed by atoms with Gasteiger partial charge in [0.15, 0.2) is 0 Å². The molecule has 0 aliphatic carbocycles. The van der Waals surface area contributed by atoms with Gasteiger partial charge in [-0.2, -0.15) is 5.26 Å². The van der Waals surface area contributed by atoms with Gasteiger partial charge < -0.3 is 0 Å². The number of hydrogen-bond acceptors (Lipinski definition) is 1. The van der Waals surface area contributed by atoms with Crippen LogP contribution in [-0.2, 0) is 0 Å². The molecule has 0 amide bonds. The second kappa shape index (κ2) is 4.14. The van der Waals surface area contributed by atoms with Crippen LogP contribution in [0.15, 0.2) is 11.1 Å². The van der Waals surface area contributed by atoms with Gasteiger partial charge in [0.1, 0.15) is 0 Å². The van der Waals surface area contributed by atoms with E-state index in [9.17, 15) is 0 Å². The van der Waals surface area contributed by atoms with Crippen LogP contribution in [0.4, 0.5) is 0 Å². The quantitative estimate of drug-likeness (QED) is 0.518. The Bertz CT molecular complexity index is 144. The van der Waals surface area contributed by atoms with Crippen molar-refractivity contribution in [3.63, 3.8) is 0 Å². The third-order valence-electron chi connectivity index (χ3n) is 1.47. The van der Waals surface area contributed by atoms with Gasteiger partial charge in [0.05, 0.1) is 6.07 Å². The van der Waals surface area contributed by atoms with E-state index >= 15 is 0 Å². The van der Waals surface area contributed by atoms with E-state index in [0.29, 0.717) is 6.42 Å². The summed E-state index contributed by atoms with van der Waals surface area (Å²) < 4.78 is 0. The first-order chi connectivity index (χ1) is 4.18. The molecule has 0 aromatic rings. The monoisotopic (exact) mass is 123 g/mol. The van der Waals surface area contributed by atoms with Gasteiger partial charge in [0.2, 0.25) is 0 Å². The molecule has 0 bridgehead atoms. The van der Waals surface area contributed by atoms with E-state index in [2.05, 4.69) is 26.8 Å². The maximum Gasteiger partial charge on any atom is 0.0625 e. The molecule has 1 nitrogen and oxygen atoms in total. The van der Waals surface area contributed by atoms with Crippen LogP contribution in [0.1, 0.15) is 33.6 Å². The number of rotatable bonds is 2. The molecule has 0 aliphatic heterocycles. The van der Waals surface area contributed by atoms with Crippen molar-refractivity contribution in [2.75, 3.05) is 0 Å². The van der Waals surface area contributed by atoms with Crippen LogP contribution in [0.25, 0.3) is 0 Å². The molecule has 0 aliphatic rings. The summed E-state index contributed by atoms with van der Waals surface area (Å²) in [6.45, 7) is 6.23. The zero-order chi connectivity index (χ0) is 7.28. The van der Waals surface area contributed by atoms with Gasteiger partial charge >= 0.3 is 0 Å². The maximum absolute atomic E-state index is 8.22. The highest BCUT2D eigenvalue weighted by Gasteiger charge is 1.89. The van der Waals surface area contributed by atoms with Crippen LogP contribution in [0.2, 0.25) is 0 Å². The summed E-state index contributed by atoms with van der Waals surface area (Å²) in [6.07, 6.45) is 1.58. The Morgan fingerprint density at radius 3 is 2.22 bits per heavy atom. The molecule has 0 radical (unpaired) electrons. The minimum absolute atomic E-state index is 0.650. The summed E-state index contributed by atoms with van der Waals surface area (Å²) >= 11 is 0. The van der Waals surface area contributed by atoms with E-state index in [1.54, 1.807) is 0 Å². The average molecular weight is 123 g/mol. The Hall–Kier alpha value is -0.770. The van der Waals surface area contributed by atoms with Crippen molar-refractivity contribution in [2.45, 2.75) is 33.6 Å². The molecule has 0 atom stereocenters. The normalized spacial score (nSPS) is 8.22. The molecule has 0 rings (SSSR count). The smallest absolute Gasteiger partial charge is 0.0625 e. The van der Waals surface area contributed by atoms with Crippen molar-refractivity contribution in [2.24, 2.45) is 0 Å². The summed E-state index contributed by atoms with van der Waals surface area (Å²) in [5, 5.41) is 8.22. The zero-order valence-electron chi connectivity index (χ0n) is 6.36. The SMILES string of the molecule is CC(C)=C(C)CCC#N. The van der Waals surface area contributed by atoms with Crippen LogP contribution in [-0.4, -0.2) is 0 Å². The lowest BCUT2D eigenvalue weighted by Crippen LogP contribution is -1.78. The van der Waals surface area contributed by atoms with E-state index in [0.717, 1.165) is 6.42 Å². The van der Waals surface area contributed by atoms with E-state index in [1.807, 2.05) is 0 Å². The standard InChI is InChI=1S/C8H13N/c1-7(2)8(3)5-4-6-9/h4-5H2,1-3H3. The fourth-order valence-electron chi connectivity index (χ4n) is 0.493. The van der Waals surface area contributed by atoms with E-state index in [1.165, 1.54) is 11.1 Å². The fraction of sp³-hybridized carbons (Fsp3) is 0.625. The highest BCUT2D eigenvalue weighted by Crippen LogP contribution is 2.07. The second-order valence-corrected chi connectivity index (χ2v) is 2.44. The van der Waals surface area contributed by atoms with E-state index < -0.39 is 0 Å². The Morgan fingerprint density at radius 1 is 1.33 bits per heavy atom. The summed E-state index contributed by atoms with van der Waals surface area (Å²) in [7, 11) is 0. The number of allylic oxidation sites excluding steroid dienone is 2. The lowest BCUT2D eigenvalue weighted by atomic mass is 10.1. The van der Waals surface area contributed by atoms with Crippen molar-refractivity contribution in [1.82, 2.24) is 0 Å². The number of nitrogens with zero attached hydrogens (tertiary/aromatic N) is 1. The molecule has 50 valence electrons. The topological polar surface area (TPSA) is 23.8 Å². The molecular weight excluding hydrogens is 110 g/mol. The zero-order valence-corrected chi connectivity index (χ0v) is 6.36. The fourth-order valence-corrected chi connectivity index (χ4v) is 0.493. The minimum Gasteiger partial charge on any atom is -0.198 e. The highest BCUT2D eigenvalue weighted by molar-refractivity contribution is 5.07. The third-order valence-corrected chi connectivity index (χ3v) is 1.47. The summed E-state index contributed by atoms with van der Waals surface area (Å²) in [5.41, 5.74) is 2.68. The summed E-state index contributed by atoms with van der Waals surface area (Å²) in [4.78, 5) is 0. The molecule has 0 aromatic heterocycles. The van der Waals surface area contributed by atoms with Gasteiger partial charge in [-0.3, -0.25) is 0 Å². The Morgan fingerprint density at radius 2 is 1.89 bits per heavy atom. The minimum atomic E-state index is 0.650. The molecule has 0 heterocycles. The van der Waals surface area contributed by atoms with Crippen molar-refractivity contribution in [3.8, 4) is 6.07 Å². The first-order valence-corrected chi connectivity index (χ1v) is 3.18. The molecule has 9 heavy (non-hydrogen) atoms. The van der Waals surface area contributed by atoms with Crippen molar-refractivity contribution in [1.29, 1.82) is 5.26 Å². The number of hydrogen-bond donors (Lipinski definition) is 0. The third kappa shape index (κ3) is 3.78. The Labute approximate surface area is 57.0 Å². The van der Waals surface area contributed by atoms with E-state index in [4.69, 9.17) is 5.26 Å². The van der Waals surface area contributed by atoms with Crippen molar-refractivity contribution < 1.29 is 0 Å². The molecule has 0 fully saturated rings. The largest absolute Gasteiger partial charge is 0.198 e. The second-order valence-electron chi connectivity index (χ2n) is 2.44. The van der Waals surface area contributed by atoms with Crippen LogP contribution in [0.5, 0.6) is 0 Å². The Kier molecular flexibility index (Phi) is 3.79.